The van der Waals surface area contributed by atoms with E-state index in [1.165, 1.54) is 29.2 Å². The summed E-state index contributed by atoms with van der Waals surface area (Å²) in [7, 11) is 1.98. The maximum absolute atomic E-state index is 13.4. The number of non-ortho nitro benzene ring substituents is 1. The number of benzene rings is 1. The molecule has 0 bridgehead atoms. The number of thioether (sulfide) groups is 1. The van der Waals surface area contributed by atoms with E-state index in [0.29, 0.717) is 12.0 Å². The van der Waals surface area contributed by atoms with Crippen LogP contribution < -0.4 is 4.57 Å². The normalized spacial score (nSPS) is 20.0. The molecule has 36 heavy (non-hydrogen) atoms. The summed E-state index contributed by atoms with van der Waals surface area (Å²) in [6.45, 7) is 3.49. The summed E-state index contributed by atoms with van der Waals surface area (Å²) in [5.74, 6) is -1.48. The Bertz CT molecular complexity index is 1440. The molecule has 0 aliphatic carbocycles. The highest BCUT2D eigenvalue weighted by Gasteiger charge is 2.57. The number of β-lactam (4-membered cyclic amide) rings is 1. The highest BCUT2D eigenvalue weighted by molar-refractivity contribution is 7.98. The number of carbonyl (C=O) groups excluding carboxylic acids is 2. The number of aliphatic hydroxyl groups is 1. The Morgan fingerprint density at radius 2 is 2.08 bits per heavy atom. The minimum Gasteiger partial charge on any atom is -0.456 e. The fourth-order valence-electron chi connectivity index (χ4n) is 5.05. The number of aryl methyl sites for hydroxylation is 2. The number of amides is 1. The average Bonchev–Trinajstić information content (AvgIpc) is 3.44. The topological polar surface area (TPSA) is 118 Å². The van der Waals surface area contributed by atoms with Crippen molar-refractivity contribution in [3.05, 3.63) is 62.5 Å². The molecule has 3 aromatic rings. The van der Waals surface area contributed by atoms with Gasteiger partial charge < -0.3 is 14.7 Å². The second kappa shape index (κ2) is 9.02. The smallest absolute Gasteiger partial charge is 0.355 e. The van der Waals surface area contributed by atoms with Crippen LogP contribution >= 0.6 is 23.1 Å². The number of nitro groups is 1. The van der Waals surface area contributed by atoms with Gasteiger partial charge in [0, 0.05) is 17.7 Å². The summed E-state index contributed by atoms with van der Waals surface area (Å²) in [5, 5.41) is 22.2. The van der Waals surface area contributed by atoms with E-state index in [2.05, 4.69) is 8.97 Å². The molecule has 0 unspecified atom stereocenters. The van der Waals surface area contributed by atoms with Gasteiger partial charge in [-0.15, -0.1) is 0 Å². The highest BCUT2D eigenvalue weighted by atomic mass is 32.2. The van der Waals surface area contributed by atoms with Gasteiger partial charge in [0.15, 0.2) is 0 Å². The minimum absolute atomic E-state index is 0.0494. The van der Waals surface area contributed by atoms with Gasteiger partial charge in [0.25, 0.3) is 12.0 Å². The maximum atomic E-state index is 13.4. The van der Waals surface area contributed by atoms with Gasteiger partial charge in [0.05, 0.1) is 34.9 Å². The van der Waals surface area contributed by atoms with Gasteiger partial charge >= 0.3 is 5.97 Å². The first-order chi connectivity index (χ1) is 17.1. The molecule has 4 heterocycles. The number of aromatic nitrogens is 2. The SMILES string of the molecule is CSc1c2sc(C3=C(C(=O)OCc4ccc([N+](=O)[O-])cc4)N4C(=O)[C@H]([C@@H](C)O)[C@H]4C3)c(C)n2c[n+]1C. The Labute approximate surface area is 214 Å². The van der Waals surface area contributed by atoms with Crippen LogP contribution in [0.1, 0.15) is 29.5 Å². The summed E-state index contributed by atoms with van der Waals surface area (Å²) < 4.78 is 9.72. The number of hydrogen-bond acceptors (Lipinski definition) is 8. The highest BCUT2D eigenvalue weighted by Crippen LogP contribution is 2.49. The molecular formula is C24H25N4O6S2+. The van der Waals surface area contributed by atoms with Crippen LogP contribution in [-0.4, -0.2) is 49.6 Å². The molecule has 1 amide bonds. The average molecular weight is 530 g/mol. The lowest BCUT2D eigenvalue weighted by Gasteiger charge is -2.44. The molecule has 2 aliphatic heterocycles. The monoisotopic (exact) mass is 529 g/mol. The van der Waals surface area contributed by atoms with Gasteiger partial charge in [0.1, 0.15) is 18.0 Å². The number of hydrogen-bond donors (Lipinski definition) is 1. The molecule has 188 valence electrons. The standard InChI is InChI=1S/C24H25N4O6S2/c1-12-20(36-23-22(35-4)25(3)11-26(12)23)16-9-17-18(13(2)29)21(30)27(17)19(16)24(31)34-10-14-5-7-15(8-6-14)28(32)33/h5-8,11,13,17-18,29H,9-10H2,1-4H3/q+1/t13-,17-,18-/m1/s1. The van der Waals surface area contributed by atoms with Crippen molar-refractivity contribution < 1.29 is 28.9 Å². The van der Waals surface area contributed by atoms with E-state index < -0.39 is 22.9 Å². The number of aliphatic hydroxyl groups excluding tert-OH is 1. The van der Waals surface area contributed by atoms with E-state index in [1.807, 2.05) is 26.6 Å². The maximum Gasteiger partial charge on any atom is 0.355 e. The zero-order valence-corrected chi connectivity index (χ0v) is 21.8. The van der Waals surface area contributed by atoms with Crippen LogP contribution in [0.5, 0.6) is 0 Å². The number of rotatable bonds is 7. The summed E-state index contributed by atoms with van der Waals surface area (Å²) in [6, 6.07) is 5.48. The molecule has 0 saturated carbocycles. The molecule has 2 aliphatic rings. The first-order valence-corrected chi connectivity index (χ1v) is 13.4. The van der Waals surface area contributed by atoms with Crippen LogP contribution in [0, 0.1) is 23.0 Å². The molecule has 0 radical (unpaired) electrons. The van der Waals surface area contributed by atoms with Crippen molar-refractivity contribution >= 4 is 51.1 Å². The second-order valence-corrected chi connectivity index (χ2v) is 10.8. The number of fused-ring (bicyclic) bond motifs is 2. The molecule has 1 fully saturated rings. The summed E-state index contributed by atoms with van der Waals surface area (Å²) in [6.07, 6.45) is 3.64. The van der Waals surface area contributed by atoms with Crippen molar-refractivity contribution in [1.82, 2.24) is 9.30 Å². The number of nitro benzene ring substituents is 1. The minimum atomic E-state index is -0.822. The Morgan fingerprint density at radius 3 is 2.69 bits per heavy atom. The fourth-order valence-corrected chi connectivity index (χ4v) is 7.29. The van der Waals surface area contributed by atoms with Crippen LogP contribution in [0.4, 0.5) is 5.69 Å². The van der Waals surface area contributed by atoms with Gasteiger partial charge in [-0.3, -0.25) is 14.9 Å². The van der Waals surface area contributed by atoms with Crippen LogP contribution in [0.2, 0.25) is 0 Å². The number of carbonyl (C=O) groups is 2. The van der Waals surface area contributed by atoms with Gasteiger partial charge in [-0.1, -0.05) is 23.1 Å². The zero-order chi connectivity index (χ0) is 25.9. The molecule has 1 aromatic carbocycles. The Hall–Kier alpha value is -3.22. The fraction of sp³-hybridized carbons (Fsp3) is 0.375. The largest absolute Gasteiger partial charge is 0.456 e. The van der Waals surface area contributed by atoms with Gasteiger partial charge in [-0.05, 0) is 44.2 Å². The van der Waals surface area contributed by atoms with Crippen molar-refractivity contribution in [3.8, 4) is 0 Å². The van der Waals surface area contributed by atoms with E-state index in [-0.39, 0.29) is 29.9 Å². The lowest BCUT2D eigenvalue weighted by molar-refractivity contribution is -0.705. The van der Waals surface area contributed by atoms with Crippen molar-refractivity contribution in [1.29, 1.82) is 0 Å². The number of thiazole rings is 1. The van der Waals surface area contributed by atoms with Crippen LogP contribution in [0.25, 0.3) is 10.4 Å². The first kappa shape index (κ1) is 24.5. The molecule has 12 heteroatoms. The quantitative estimate of drug-likeness (QED) is 0.125. The van der Waals surface area contributed by atoms with Gasteiger partial charge in [-0.2, -0.15) is 4.40 Å². The molecule has 10 nitrogen and oxygen atoms in total. The van der Waals surface area contributed by atoms with E-state index in [9.17, 15) is 24.8 Å². The molecule has 2 aromatic heterocycles. The van der Waals surface area contributed by atoms with E-state index in [0.717, 1.165) is 26.0 Å². The van der Waals surface area contributed by atoms with Crippen molar-refractivity contribution in [2.24, 2.45) is 13.0 Å². The second-order valence-electron chi connectivity index (χ2n) is 9.00. The lowest BCUT2D eigenvalue weighted by atomic mass is 9.83. The van der Waals surface area contributed by atoms with Crippen LogP contribution in [-0.2, 0) is 28.0 Å². The van der Waals surface area contributed by atoms with Crippen LogP contribution in [0.3, 0.4) is 0 Å². The zero-order valence-electron chi connectivity index (χ0n) is 20.1. The predicted molar refractivity (Wildman–Crippen MR) is 133 cm³/mol. The van der Waals surface area contributed by atoms with Crippen molar-refractivity contribution in [2.75, 3.05) is 6.26 Å². The van der Waals surface area contributed by atoms with E-state index in [4.69, 9.17) is 4.74 Å². The van der Waals surface area contributed by atoms with Gasteiger partial charge in [0.2, 0.25) is 15.8 Å². The summed E-state index contributed by atoms with van der Waals surface area (Å²) in [5.41, 5.74) is 2.47. The third-order valence-electron chi connectivity index (χ3n) is 6.81. The third-order valence-corrected chi connectivity index (χ3v) is 9.13. The van der Waals surface area contributed by atoms with Crippen molar-refractivity contribution in [3.63, 3.8) is 0 Å². The van der Waals surface area contributed by atoms with E-state index in [1.54, 1.807) is 30.0 Å². The lowest BCUT2D eigenvalue weighted by Crippen LogP contribution is -2.61. The molecule has 3 atom stereocenters. The molecule has 5 rings (SSSR count). The Morgan fingerprint density at radius 1 is 1.39 bits per heavy atom. The molecular weight excluding hydrogens is 504 g/mol. The molecule has 0 spiro atoms. The summed E-state index contributed by atoms with van der Waals surface area (Å²) >= 11 is 3.20. The number of esters is 1. The summed E-state index contributed by atoms with van der Waals surface area (Å²) in [4.78, 5) is 40.2. The number of ether oxygens (including phenoxy) is 1. The van der Waals surface area contributed by atoms with Crippen molar-refractivity contribution in [2.45, 2.75) is 44.0 Å². The van der Waals surface area contributed by atoms with Gasteiger partial charge in [-0.25, -0.2) is 9.36 Å². The predicted octanol–water partition coefficient (Wildman–Crippen LogP) is 2.83. The Balaban J connectivity index is 1.51. The number of nitrogens with zero attached hydrogens (tertiary/aromatic N) is 4. The Kier molecular flexibility index (Phi) is 6.13. The van der Waals surface area contributed by atoms with E-state index >= 15 is 0 Å². The molecule has 1 saturated heterocycles. The molecule has 1 N–H and O–H groups in total. The first-order valence-electron chi connectivity index (χ1n) is 11.3. The number of imidazole rings is 1. The third kappa shape index (κ3) is 3.71. The van der Waals surface area contributed by atoms with Crippen LogP contribution in [0.15, 0.2) is 41.3 Å².